The lowest BCUT2D eigenvalue weighted by molar-refractivity contribution is 0.626. The second-order valence-corrected chi connectivity index (χ2v) is 1.54. The van der Waals surface area contributed by atoms with Crippen molar-refractivity contribution in [1.82, 2.24) is 4.98 Å². The van der Waals surface area contributed by atoms with Gasteiger partial charge in [0.05, 0.1) is 0 Å². The van der Waals surface area contributed by atoms with E-state index in [2.05, 4.69) is 17.3 Å². The lowest BCUT2D eigenvalue weighted by Gasteiger charge is -1.94. The summed E-state index contributed by atoms with van der Waals surface area (Å²) in [6, 6.07) is 2.55. The molecule has 0 aliphatic heterocycles. The zero-order chi connectivity index (χ0) is 6.69. The minimum absolute atomic E-state index is 0.309. The molecule has 9 heavy (non-hydrogen) atoms. The molecule has 0 bridgehead atoms. The first-order valence-electron chi connectivity index (χ1n) is 2.47. The van der Waals surface area contributed by atoms with Crippen LogP contribution in [0.5, 0.6) is 0 Å². The number of aromatic nitrogens is 1. The van der Waals surface area contributed by atoms with E-state index in [1.807, 2.05) is 0 Å². The van der Waals surface area contributed by atoms with Crippen LogP contribution in [0.25, 0.3) is 0 Å². The van der Waals surface area contributed by atoms with Crippen LogP contribution in [0.3, 0.4) is 0 Å². The quantitative estimate of drug-likeness (QED) is 0.614. The van der Waals surface area contributed by atoms with Gasteiger partial charge in [0.25, 0.3) is 0 Å². The van der Waals surface area contributed by atoms with Gasteiger partial charge >= 0.3 is 0 Å². The molecule has 3 heteroatoms. The van der Waals surface area contributed by atoms with Crippen LogP contribution in [0.1, 0.15) is 0 Å². The Bertz CT molecular complexity index is 200. The molecule has 1 aromatic rings. The maximum absolute atomic E-state index is 12.2. The molecule has 1 rings (SSSR count). The molecule has 1 radical (unpaired) electrons. The van der Waals surface area contributed by atoms with Gasteiger partial charge in [-0.15, -0.1) is 0 Å². The summed E-state index contributed by atoms with van der Waals surface area (Å²) in [7, 11) is 3.32. The van der Waals surface area contributed by atoms with Gasteiger partial charge in [-0.25, -0.2) is 9.37 Å². The third-order valence-electron chi connectivity index (χ3n) is 0.903. The van der Waals surface area contributed by atoms with Crippen molar-refractivity contribution in [3.63, 3.8) is 0 Å². The highest BCUT2D eigenvalue weighted by atomic mass is 19.1. The van der Waals surface area contributed by atoms with Gasteiger partial charge < -0.3 is 5.32 Å². The monoisotopic (exact) mass is 125 g/mol. The van der Waals surface area contributed by atoms with Gasteiger partial charge in [0, 0.05) is 19.3 Å². The number of nitrogens with one attached hydrogen (secondary N) is 1. The summed E-state index contributed by atoms with van der Waals surface area (Å²) in [5, 5.41) is 2.47. The van der Waals surface area contributed by atoms with E-state index in [1.165, 1.54) is 18.3 Å². The Morgan fingerprint density at radius 1 is 1.67 bits per heavy atom. The van der Waals surface area contributed by atoms with Gasteiger partial charge in [-0.1, -0.05) is 0 Å². The molecule has 0 aliphatic carbocycles. The molecule has 0 atom stereocenters. The van der Waals surface area contributed by atoms with E-state index in [4.69, 9.17) is 0 Å². The largest absolute Gasteiger partial charge is 0.368 e. The van der Waals surface area contributed by atoms with Crippen molar-refractivity contribution in [2.75, 3.05) is 5.32 Å². The van der Waals surface area contributed by atoms with Crippen molar-refractivity contribution in [3.8, 4) is 0 Å². The average molecular weight is 125 g/mol. The highest BCUT2D eigenvalue weighted by molar-refractivity contribution is 5.33. The molecule has 0 unspecified atom stereocenters. The molecular formula is C6H6FN2. The predicted octanol–water partition coefficient (Wildman–Crippen LogP) is 1.42. The molecule has 0 spiro atoms. The van der Waals surface area contributed by atoms with E-state index in [0.29, 0.717) is 5.82 Å². The van der Waals surface area contributed by atoms with Crippen molar-refractivity contribution in [1.29, 1.82) is 0 Å². The summed E-state index contributed by atoms with van der Waals surface area (Å²) in [6.07, 6.45) is 1.38. The van der Waals surface area contributed by atoms with Gasteiger partial charge in [0.2, 0.25) is 0 Å². The third kappa shape index (κ3) is 1.38. The maximum Gasteiger partial charge on any atom is 0.128 e. The number of anilines is 1. The lowest BCUT2D eigenvalue weighted by atomic mass is 10.4. The summed E-state index contributed by atoms with van der Waals surface area (Å²) >= 11 is 0. The molecule has 1 heterocycles. The Labute approximate surface area is 52.7 Å². The van der Waals surface area contributed by atoms with Crippen LogP contribution < -0.4 is 5.32 Å². The normalized spacial score (nSPS) is 9.11. The van der Waals surface area contributed by atoms with Gasteiger partial charge in [-0.2, -0.15) is 0 Å². The molecule has 0 saturated carbocycles. The van der Waals surface area contributed by atoms with Crippen LogP contribution in [0, 0.1) is 12.9 Å². The molecule has 0 aromatic carbocycles. The average Bonchev–Trinajstić information content (AvgIpc) is 1.88. The first-order valence-corrected chi connectivity index (χ1v) is 2.47. The van der Waals surface area contributed by atoms with Crippen LogP contribution in [0.4, 0.5) is 10.2 Å². The van der Waals surface area contributed by atoms with Gasteiger partial charge in [0.1, 0.15) is 11.6 Å². The Kier molecular flexibility index (Phi) is 1.63. The summed E-state index contributed by atoms with van der Waals surface area (Å²) in [5.74, 6) is 0.131. The molecule has 0 saturated heterocycles. The van der Waals surface area contributed by atoms with Crippen molar-refractivity contribution in [2.24, 2.45) is 0 Å². The van der Waals surface area contributed by atoms with Crippen molar-refractivity contribution in [3.05, 3.63) is 31.2 Å². The van der Waals surface area contributed by atoms with Gasteiger partial charge in [-0.05, 0) is 6.07 Å². The Morgan fingerprint density at radius 2 is 2.44 bits per heavy atom. The zero-order valence-corrected chi connectivity index (χ0v) is 4.76. The van der Waals surface area contributed by atoms with Crippen molar-refractivity contribution >= 4 is 5.82 Å². The topological polar surface area (TPSA) is 24.9 Å². The van der Waals surface area contributed by atoms with E-state index in [-0.39, 0.29) is 5.82 Å². The molecular weight excluding hydrogens is 119 g/mol. The number of hydrogen-bond donors (Lipinski definition) is 1. The fourth-order valence-corrected chi connectivity index (χ4v) is 0.501. The highest BCUT2D eigenvalue weighted by Crippen LogP contribution is 2.02. The minimum Gasteiger partial charge on any atom is -0.368 e. The molecule has 1 aromatic heterocycles. The van der Waals surface area contributed by atoms with E-state index >= 15 is 0 Å². The van der Waals surface area contributed by atoms with Crippen LogP contribution in [-0.2, 0) is 0 Å². The molecule has 0 aliphatic rings. The van der Waals surface area contributed by atoms with Crippen molar-refractivity contribution < 1.29 is 4.39 Å². The second kappa shape index (κ2) is 2.44. The van der Waals surface area contributed by atoms with Gasteiger partial charge in [0.15, 0.2) is 0 Å². The zero-order valence-electron chi connectivity index (χ0n) is 4.76. The standard InChI is InChI=1S/C6H6FN2/c1-8-6-4-5(7)2-3-9-6/h2-4H,1H2,(H,8,9). The molecule has 47 valence electrons. The maximum atomic E-state index is 12.2. The van der Waals surface area contributed by atoms with Gasteiger partial charge in [-0.3, -0.25) is 0 Å². The Morgan fingerprint density at radius 3 is 2.89 bits per heavy atom. The SMILES string of the molecule is [CH2]Nc1cc(F)ccn1. The first kappa shape index (κ1) is 6.01. The van der Waals surface area contributed by atoms with E-state index in [9.17, 15) is 4.39 Å². The number of halogens is 1. The molecule has 0 fully saturated rings. The number of nitrogens with zero attached hydrogens (tertiary/aromatic N) is 1. The molecule has 1 N–H and O–H groups in total. The van der Waals surface area contributed by atoms with E-state index in [1.54, 1.807) is 0 Å². The number of hydrogen-bond acceptors (Lipinski definition) is 2. The fourth-order valence-electron chi connectivity index (χ4n) is 0.501. The fraction of sp³-hybridized carbons (Fsp3) is 0. The van der Waals surface area contributed by atoms with Crippen LogP contribution in [-0.4, -0.2) is 4.98 Å². The van der Waals surface area contributed by atoms with E-state index < -0.39 is 0 Å². The van der Waals surface area contributed by atoms with Crippen LogP contribution >= 0.6 is 0 Å². The minimum atomic E-state index is -0.309. The predicted molar refractivity (Wildman–Crippen MR) is 33.2 cm³/mol. The highest BCUT2D eigenvalue weighted by Gasteiger charge is 1.89. The molecule has 0 amide bonds. The van der Waals surface area contributed by atoms with E-state index in [0.717, 1.165) is 0 Å². The summed E-state index contributed by atoms with van der Waals surface area (Å²) < 4.78 is 12.2. The van der Waals surface area contributed by atoms with Crippen LogP contribution in [0.2, 0.25) is 0 Å². The first-order chi connectivity index (χ1) is 4.33. The lowest BCUT2D eigenvalue weighted by Crippen LogP contribution is -1.88. The van der Waals surface area contributed by atoms with Crippen LogP contribution in [0.15, 0.2) is 18.3 Å². The summed E-state index contributed by atoms with van der Waals surface area (Å²) in [6.45, 7) is 0. The second-order valence-electron chi connectivity index (χ2n) is 1.54. The smallest absolute Gasteiger partial charge is 0.128 e. The number of rotatable bonds is 1. The Hall–Kier alpha value is -1.12. The van der Waals surface area contributed by atoms with Crippen molar-refractivity contribution in [2.45, 2.75) is 0 Å². The molecule has 2 nitrogen and oxygen atoms in total. The summed E-state index contributed by atoms with van der Waals surface area (Å²) in [5.41, 5.74) is 0. The third-order valence-corrected chi connectivity index (χ3v) is 0.903. The number of pyridine rings is 1. The summed E-state index contributed by atoms with van der Waals surface area (Å²) in [4.78, 5) is 3.74. The Balaban J connectivity index is 2.94.